The molecule has 2 fully saturated rings. The minimum Gasteiger partial charge on any atom is -0.491 e. The Labute approximate surface area is 243 Å². The van der Waals surface area contributed by atoms with E-state index in [-0.39, 0.29) is 25.5 Å². The highest BCUT2D eigenvalue weighted by Crippen LogP contribution is 2.41. The van der Waals surface area contributed by atoms with Crippen molar-refractivity contribution >= 4 is 23.5 Å². The van der Waals surface area contributed by atoms with Gasteiger partial charge in [0.1, 0.15) is 30.3 Å². The van der Waals surface area contributed by atoms with Crippen LogP contribution in [-0.2, 0) is 14.3 Å². The zero-order valence-electron chi connectivity index (χ0n) is 23.3. The lowest BCUT2D eigenvalue weighted by Crippen LogP contribution is -2.50. The molecule has 3 aromatic carbocycles. The fourth-order valence-electron chi connectivity index (χ4n) is 5.14. The molecule has 3 N–H and O–H groups in total. The van der Waals surface area contributed by atoms with E-state index in [9.17, 15) is 18.8 Å². The molecule has 3 aromatic rings. The van der Waals surface area contributed by atoms with Gasteiger partial charge in [-0.3, -0.25) is 9.59 Å². The molecule has 220 valence electrons. The topological polar surface area (TPSA) is 117 Å². The minimum atomic E-state index is -1.24. The van der Waals surface area contributed by atoms with Gasteiger partial charge in [0, 0.05) is 5.92 Å². The first-order valence-corrected chi connectivity index (χ1v) is 14.1. The van der Waals surface area contributed by atoms with Gasteiger partial charge in [-0.05, 0) is 59.7 Å². The number of carbonyl (C=O) groups is 3. The van der Waals surface area contributed by atoms with Crippen LogP contribution < -0.4 is 15.4 Å². The molecule has 0 radical (unpaired) electrons. The number of anilines is 1. The van der Waals surface area contributed by atoms with Crippen LogP contribution in [0.2, 0.25) is 0 Å². The standard InChI is InChI=1S/C32H34FN3O6/c1-20(21-5-3-2-4-6-21)29(30(38)34-27-14-11-24(19-26(27)33)22-7-8-22)36-31(39)28(35-32(36)40)23-9-12-25(13-10-23)42-18-17-41-16-15-37/h2-6,9-14,19-20,22,28-29,37H,7-8,15-18H2,1H3,(H,34,38)(H,35,40)/t20-,28+,29-/m0/s1. The summed E-state index contributed by atoms with van der Waals surface area (Å²) in [7, 11) is 0. The van der Waals surface area contributed by atoms with Crippen LogP contribution in [0.15, 0.2) is 72.8 Å². The maximum Gasteiger partial charge on any atom is 0.325 e. The van der Waals surface area contributed by atoms with Gasteiger partial charge >= 0.3 is 6.03 Å². The monoisotopic (exact) mass is 575 g/mol. The van der Waals surface area contributed by atoms with Gasteiger partial charge in [0.25, 0.3) is 5.91 Å². The van der Waals surface area contributed by atoms with Crippen molar-refractivity contribution in [2.75, 3.05) is 31.7 Å². The Kier molecular flexibility index (Phi) is 9.14. The average Bonchev–Trinajstić information content (AvgIpc) is 3.81. The van der Waals surface area contributed by atoms with Crippen LogP contribution in [0.1, 0.15) is 54.3 Å². The Bertz CT molecular complexity index is 1410. The van der Waals surface area contributed by atoms with E-state index in [0.29, 0.717) is 23.8 Å². The lowest BCUT2D eigenvalue weighted by molar-refractivity contribution is -0.134. The number of urea groups is 1. The zero-order valence-corrected chi connectivity index (χ0v) is 23.3. The highest BCUT2D eigenvalue weighted by atomic mass is 19.1. The zero-order chi connectivity index (χ0) is 29.6. The number of halogens is 1. The maximum atomic E-state index is 15.0. The predicted octanol–water partition coefficient (Wildman–Crippen LogP) is 4.49. The van der Waals surface area contributed by atoms with Crippen LogP contribution in [0.4, 0.5) is 14.9 Å². The van der Waals surface area contributed by atoms with Gasteiger partial charge in [0.15, 0.2) is 0 Å². The molecule has 42 heavy (non-hydrogen) atoms. The van der Waals surface area contributed by atoms with E-state index in [1.165, 1.54) is 12.1 Å². The molecule has 1 saturated carbocycles. The number of amides is 4. The number of aliphatic hydroxyl groups excluding tert-OH is 1. The fourth-order valence-corrected chi connectivity index (χ4v) is 5.14. The summed E-state index contributed by atoms with van der Waals surface area (Å²) < 4.78 is 25.7. The van der Waals surface area contributed by atoms with Crippen molar-refractivity contribution in [1.82, 2.24) is 10.2 Å². The van der Waals surface area contributed by atoms with Gasteiger partial charge in [-0.1, -0.05) is 55.5 Å². The SMILES string of the molecule is C[C@@H](c1ccccc1)[C@@H](C(=O)Nc1ccc(C2CC2)cc1F)N1C(=O)N[C@H](c2ccc(OCCOCCO)cc2)C1=O. The molecule has 3 atom stereocenters. The van der Waals surface area contributed by atoms with Gasteiger partial charge < -0.3 is 25.2 Å². The van der Waals surface area contributed by atoms with E-state index in [1.54, 1.807) is 37.3 Å². The number of nitrogens with one attached hydrogen (secondary N) is 2. The predicted molar refractivity (Wildman–Crippen MR) is 154 cm³/mol. The maximum absolute atomic E-state index is 15.0. The van der Waals surface area contributed by atoms with Crippen LogP contribution in [-0.4, -0.2) is 60.3 Å². The summed E-state index contributed by atoms with van der Waals surface area (Å²) in [4.78, 5) is 41.7. The highest BCUT2D eigenvalue weighted by Gasteiger charge is 2.47. The van der Waals surface area contributed by atoms with Crippen molar-refractivity contribution in [1.29, 1.82) is 0 Å². The molecule has 0 unspecified atom stereocenters. The number of benzene rings is 3. The van der Waals surface area contributed by atoms with Crippen molar-refractivity contribution in [3.05, 3.63) is 95.3 Å². The molecule has 0 aromatic heterocycles. The molecule has 1 heterocycles. The van der Waals surface area contributed by atoms with E-state index >= 15 is 0 Å². The van der Waals surface area contributed by atoms with Crippen molar-refractivity contribution < 1.29 is 33.4 Å². The third-order valence-electron chi connectivity index (χ3n) is 7.56. The Morgan fingerprint density at radius 2 is 1.74 bits per heavy atom. The van der Waals surface area contributed by atoms with Gasteiger partial charge in [0.2, 0.25) is 5.91 Å². The number of rotatable bonds is 13. The summed E-state index contributed by atoms with van der Waals surface area (Å²) in [5.74, 6) is -1.50. The molecule has 9 nitrogen and oxygen atoms in total. The van der Waals surface area contributed by atoms with E-state index in [1.807, 2.05) is 30.3 Å². The minimum absolute atomic E-state index is 0.00406. The van der Waals surface area contributed by atoms with Gasteiger partial charge in [-0.15, -0.1) is 0 Å². The lowest BCUT2D eigenvalue weighted by atomic mass is 9.91. The Hall–Kier alpha value is -4.28. The lowest BCUT2D eigenvalue weighted by Gasteiger charge is -2.30. The molecule has 5 rings (SSSR count). The summed E-state index contributed by atoms with van der Waals surface area (Å²) in [6, 6.07) is 17.6. The summed E-state index contributed by atoms with van der Waals surface area (Å²) in [5, 5.41) is 14.1. The molecule has 0 bridgehead atoms. The highest BCUT2D eigenvalue weighted by molar-refractivity contribution is 6.10. The van der Waals surface area contributed by atoms with Crippen LogP contribution in [0.25, 0.3) is 0 Å². The summed E-state index contributed by atoms with van der Waals surface area (Å²) >= 11 is 0. The largest absolute Gasteiger partial charge is 0.491 e. The summed E-state index contributed by atoms with van der Waals surface area (Å²) in [5.41, 5.74) is 2.15. The number of carbonyl (C=O) groups excluding carboxylic acids is 3. The Morgan fingerprint density at radius 3 is 2.40 bits per heavy atom. The van der Waals surface area contributed by atoms with Gasteiger partial charge in [0.05, 0.1) is 25.5 Å². The van der Waals surface area contributed by atoms with E-state index in [4.69, 9.17) is 14.6 Å². The van der Waals surface area contributed by atoms with E-state index < -0.39 is 41.7 Å². The number of imide groups is 1. The molecular formula is C32H34FN3O6. The van der Waals surface area contributed by atoms with E-state index in [0.717, 1.165) is 28.9 Å². The summed E-state index contributed by atoms with van der Waals surface area (Å²) in [6.45, 7) is 2.52. The van der Waals surface area contributed by atoms with Crippen molar-refractivity contribution in [2.24, 2.45) is 0 Å². The van der Waals surface area contributed by atoms with Crippen molar-refractivity contribution in [2.45, 2.75) is 43.7 Å². The molecular weight excluding hydrogens is 541 g/mol. The number of aliphatic hydroxyl groups is 1. The third-order valence-corrected chi connectivity index (χ3v) is 7.56. The normalized spacial score (nSPS) is 18.0. The van der Waals surface area contributed by atoms with Crippen LogP contribution in [0.5, 0.6) is 5.75 Å². The number of hydrogen-bond donors (Lipinski definition) is 3. The first-order valence-electron chi connectivity index (χ1n) is 14.1. The molecule has 1 saturated heterocycles. The molecule has 4 amide bonds. The first-order chi connectivity index (χ1) is 20.4. The van der Waals surface area contributed by atoms with Crippen LogP contribution >= 0.6 is 0 Å². The number of ether oxygens (including phenoxy) is 2. The fraction of sp³-hybridized carbons (Fsp3) is 0.344. The second-order valence-electron chi connectivity index (χ2n) is 10.5. The van der Waals surface area contributed by atoms with Crippen molar-refractivity contribution in [3.8, 4) is 5.75 Å². The number of hydrogen-bond acceptors (Lipinski definition) is 6. The molecule has 2 aliphatic rings. The molecule has 1 aliphatic heterocycles. The quantitative estimate of drug-likeness (QED) is 0.204. The van der Waals surface area contributed by atoms with Gasteiger partial charge in [-0.2, -0.15) is 0 Å². The van der Waals surface area contributed by atoms with Crippen molar-refractivity contribution in [3.63, 3.8) is 0 Å². The number of nitrogens with zero attached hydrogens (tertiary/aromatic N) is 1. The third kappa shape index (κ3) is 6.61. The van der Waals surface area contributed by atoms with Crippen LogP contribution in [0.3, 0.4) is 0 Å². The second kappa shape index (κ2) is 13.1. The Balaban J connectivity index is 1.35. The first kappa shape index (κ1) is 29.2. The molecule has 10 heteroatoms. The second-order valence-corrected chi connectivity index (χ2v) is 10.5. The Morgan fingerprint density at radius 1 is 1.02 bits per heavy atom. The van der Waals surface area contributed by atoms with Gasteiger partial charge in [-0.25, -0.2) is 14.1 Å². The molecule has 1 aliphatic carbocycles. The summed E-state index contributed by atoms with van der Waals surface area (Å²) in [6.07, 6.45) is 2.04. The average molecular weight is 576 g/mol. The molecule has 0 spiro atoms. The van der Waals surface area contributed by atoms with Crippen LogP contribution in [0, 0.1) is 5.82 Å². The van der Waals surface area contributed by atoms with E-state index in [2.05, 4.69) is 10.6 Å². The smallest absolute Gasteiger partial charge is 0.325 e.